The van der Waals surface area contributed by atoms with Gasteiger partial charge in [-0.05, 0) is 54.7 Å². The van der Waals surface area contributed by atoms with Crippen LogP contribution in [0.3, 0.4) is 0 Å². The summed E-state index contributed by atoms with van der Waals surface area (Å²) >= 11 is 0. The molecule has 0 aromatic heterocycles. The van der Waals surface area contributed by atoms with Gasteiger partial charge in [-0.2, -0.15) is 0 Å². The number of esters is 1. The van der Waals surface area contributed by atoms with Crippen LogP contribution in [0, 0.1) is 18.7 Å². The standard InChI is InChI=1S/C19H19FN2O5S/c1-11-5-6-14(28(21,25)26)8-17(11)22-18(23)10-27-19(24)16-9-15(16)12-3-2-4-13(20)7-12/h2-8,15-16H,9-10H2,1H3,(H,22,23)(H2,21,25,26)/t15-,16+/m1/s1. The summed E-state index contributed by atoms with van der Waals surface area (Å²) in [5, 5.41) is 7.58. The number of hydrogen-bond donors (Lipinski definition) is 2. The fourth-order valence-corrected chi connectivity index (χ4v) is 3.44. The number of benzene rings is 2. The van der Waals surface area contributed by atoms with Crippen LogP contribution >= 0.6 is 0 Å². The fourth-order valence-electron chi connectivity index (χ4n) is 2.90. The Morgan fingerprint density at radius 3 is 2.68 bits per heavy atom. The van der Waals surface area contributed by atoms with Crippen LogP contribution in [0.4, 0.5) is 10.1 Å². The zero-order valence-corrected chi connectivity index (χ0v) is 15.8. The number of hydrogen-bond acceptors (Lipinski definition) is 5. The molecule has 1 aliphatic rings. The van der Waals surface area contributed by atoms with Gasteiger partial charge >= 0.3 is 5.97 Å². The summed E-state index contributed by atoms with van der Waals surface area (Å²) in [6, 6.07) is 10.1. The molecule has 3 rings (SSSR count). The van der Waals surface area contributed by atoms with Crippen molar-refractivity contribution in [2.45, 2.75) is 24.2 Å². The van der Waals surface area contributed by atoms with Gasteiger partial charge in [0.15, 0.2) is 6.61 Å². The van der Waals surface area contributed by atoms with Crippen molar-refractivity contribution in [2.75, 3.05) is 11.9 Å². The molecule has 0 bridgehead atoms. The highest BCUT2D eigenvalue weighted by atomic mass is 32.2. The number of anilines is 1. The van der Waals surface area contributed by atoms with Gasteiger partial charge in [-0.3, -0.25) is 9.59 Å². The number of amides is 1. The topological polar surface area (TPSA) is 116 Å². The molecule has 1 saturated carbocycles. The van der Waals surface area contributed by atoms with Crippen LogP contribution in [0.1, 0.15) is 23.5 Å². The third-order valence-electron chi connectivity index (χ3n) is 4.53. The number of primary sulfonamides is 1. The van der Waals surface area contributed by atoms with E-state index in [1.807, 2.05) is 0 Å². The van der Waals surface area contributed by atoms with Crippen LogP contribution < -0.4 is 10.5 Å². The van der Waals surface area contributed by atoms with Gasteiger partial charge in [0.1, 0.15) is 5.82 Å². The van der Waals surface area contributed by atoms with Gasteiger partial charge in [-0.15, -0.1) is 0 Å². The highest BCUT2D eigenvalue weighted by molar-refractivity contribution is 7.89. The van der Waals surface area contributed by atoms with Crippen molar-refractivity contribution in [1.29, 1.82) is 0 Å². The van der Waals surface area contributed by atoms with Crippen LogP contribution in [-0.4, -0.2) is 26.9 Å². The second-order valence-electron chi connectivity index (χ2n) is 6.68. The quantitative estimate of drug-likeness (QED) is 0.713. The SMILES string of the molecule is Cc1ccc(S(N)(=O)=O)cc1NC(=O)COC(=O)[C@H]1C[C@@H]1c1cccc(F)c1. The van der Waals surface area contributed by atoms with Gasteiger partial charge in [-0.25, -0.2) is 17.9 Å². The van der Waals surface area contributed by atoms with E-state index in [9.17, 15) is 22.4 Å². The summed E-state index contributed by atoms with van der Waals surface area (Å²) in [6.45, 7) is 1.17. The molecular formula is C19H19FN2O5S. The molecule has 0 heterocycles. The molecule has 0 radical (unpaired) electrons. The minimum atomic E-state index is -3.91. The van der Waals surface area contributed by atoms with E-state index in [0.717, 1.165) is 5.56 Å². The van der Waals surface area contributed by atoms with Gasteiger partial charge < -0.3 is 10.1 Å². The summed E-state index contributed by atoms with van der Waals surface area (Å²) in [5.41, 5.74) is 1.61. The molecule has 1 fully saturated rings. The summed E-state index contributed by atoms with van der Waals surface area (Å²) in [7, 11) is -3.91. The third kappa shape index (κ3) is 4.73. The molecule has 1 amide bonds. The van der Waals surface area contributed by atoms with Crippen molar-refractivity contribution in [2.24, 2.45) is 11.1 Å². The van der Waals surface area contributed by atoms with E-state index in [1.54, 1.807) is 19.1 Å². The van der Waals surface area contributed by atoms with Crippen molar-refractivity contribution >= 4 is 27.6 Å². The maximum atomic E-state index is 13.3. The van der Waals surface area contributed by atoms with E-state index < -0.39 is 34.4 Å². The lowest BCUT2D eigenvalue weighted by molar-refractivity contribution is -0.148. The molecule has 1 aliphatic carbocycles. The number of sulfonamides is 1. The lowest BCUT2D eigenvalue weighted by atomic mass is 10.1. The van der Waals surface area contributed by atoms with Crippen molar-refractivity contribution in [1.82, 2.24) is 0 Å². The number of rotatable bonds is 6. The van der Waals surface area contributed by atoms with E-state index in [2.05, 4.69) is 5.32 Å². The Morgan fingerprint density at radius 1 is 1.25 bits per heavy atom. The molecule has 0 saturated heterocycles. The smallest absolute Gasteiger partial charge is 0.310 e. The minimum absolute atomic E-state index is 0.111. The Labute approximate surface area is 161 Å². The highest BCUT2D eigenvalue weighted by Gasteiger charge is 2.45. The van der Waals surface area contributed by atoms with Crippen LogP contribution in [0.25, 0.3) is 0 Å². The van der Waals surface area contributed by atoms with Gasteiger partial charge in [0.05, 0.1) is 10.8 Å². The Hall–Kier alpha value is -2.78. The van der Waals surface area contributed by atoms with Gasteiger partial charge in [0, 0.05) is 5.69 Å². The maximum absolute atomic E-state index is 13.3. The lowest BCUT2D eigenvalue weighted by Gasteiger charge is -2.10. The van der Waals surface area contributed by atoms with Crippen LogP contribution in [0.15, 0.2) is 47.4 Å². The number of halogens is 1. The van der Waals surface area contributed by atoms with Crippen molar-refractivity contribution in [3.8, 4) is 0 Å². The summed E-state index contributed by atoms with van der Waals surface area (Å²) in [6.07, 6.45) is 0.541. The predicted molar refractivity (Wildman–Crippen MR) is 99.4 cm³/mol. The van der Waals surface area contributed by atoms with Gasteiger partial charge in [0.25, 0.3) is 5.91 Å². The maximum Gasteiger partial charge on any atom is 0.310 e. The van der Waals surface area contributed by atoms with Crippen molar-refractivity contribution in [3.05, 3.63) is 59.4 Å². The van der Waals surface area contributed by atoms with Gasteiger partial charge in [-0.1, -0.05) is 18.2 Å². The van der Waals surface area contributed by atoms with Crippen molar-refractivity contribution < 1.29 is 27.1 Å². The van der Waals surface area contributed by atoms with E-state index in [-0.39, 0.29) is 22.3 Å². The average molecular weight is 406 g/mol. The molecule has 3 N–H and O–H groups in total. The van der Waals surface area contributed by atoms with Crippen LogP contribution in [0.5, 0.6) is 0 Å². The molecule has 2 aromatic rings. The Balaban J connectivity index is 1.55. The first kappa shape index (κ1) is 20.0. The van der Waals surface area contributed by atoms with E-state index in [4.69, 9.17) is 9.88 Å². The second-order valence-corrected chi connectivity index (χ2v) is 8.24. The Bertz CT molecular complexity index is 1040. The first-order valence-corrected chi connectivity index (χ1v) is 10.0. The number of carbonyl (C=O) groups excluding carboxylic acids is 2. The molecule has 148 valence electrons. The monoisotopic (exact) mass is 406 g/mol. The molecular weight excluding hydrogens is 387 g/mol. The van der Waals surface area contributed by atoms with E-state index >= 15 is 0 Å². The predicted octanol–water partition coefficient (Wildman–Crippen LogP) is 2.07. The zero-order chi connectivity index (χ0) is 20.5. The van der Waals surface area contributed by atoms with E-state index in [1.165, 1.54) is 30.3 Å². The number of carbonyl (C=O) groups is 2. The summed E-state index contributed by atoms with van der Waals surface area (Å²) in [4.78, 5) is 24.0. The molecule has 7 nitrogen and oxygen atoms in total. The largest absolute Gasteiger partial charge is 0.455 e. The molecule has 0 unspecified atom stereocenters. The minimum Gasteiger partial charge on any atom is -0.455 e. The lowest BCUT2D eigenvalue weighted by Crippen LogP contribution is -2.22. The Morgan fingerprint density at radius 2 is 2.00 bits per heavy atom. The number of nitrogens with two attached hydrogens (primary N) is 1. The molecule has 9 heteroatoms. The zero-order valence-electron chi connectivity index (χ0n) is 15.0. The average Bonchev–Trinajstić information content (AvgIpc) is 3.41. The molecule has 0 spiro atoms. The molecule has 0 aliphatic heterocycles. The van der Waals surface area contributed by atoms with Crippen LogP contribution in [-0.2, 0) is 24.3 Å². The summed E-state index contributed by atoms with van der Waals surface area (Å²) in [5.74, 6) is -2.01. The van der Waals surface area contributed by atoms with Crippen LogP contribution in [0.2, 0.25) is 0 Å². The fraction of sp³-hybridized carbons (Fsp3) is 0.263. The number of aryl methyl sites for hydroxylation is 1. The van der Waals surface area contributed by atoms with E-state index in [0.29, 0.717) is 12.0 Å². The number of nitrogens with one attached hydrogen (secondary N) is 1. The molecule has 28 heavy (non-hydrogen) atoms. The summed E-state index contributed by atoms with van der Waals surface area (Å²) < 4.78 is 41.1. The normalized spacial score (nSPS) is 18.4. The third-order valence-corrected chi connectivity index (χ3v) is 5.44. The van der Waals surface area contributed by atoms with Gasteiger partial charge in [0.2, 0.25) is 10.0 Å². The number of ether oxygens (including phenoxy) is 1. The molecule has 2 atom stereocenters. The Kier molecular flexibility index (Phi) is 5.48. The van der Waals surface area contributed by atoms with Crippen molar-refractivity contribution in [3.63, 3.8) is 0 Å². The first-order chi connectivity index (χ1) is 13.1. The highest BCUT2D eigenvalue weighted by Crippen LogP contribution is 2.48. The molecule has 2 aromatic carbocycles. The second kappa shape index (κ2) is 7.69. The first-order valence-electron chi connectivity index (χ1n) is 8.50.